The van der Waals surface area contributed by atoms with Crippen molar-refractivity contribution >= 4 is 27.5 Å². The van der Waals surface area contributed by atoms with Gasteiger partial charge in [0.25, 0.3) is 0 Å². The van der Waals surface area contributed by atoms with E-state index in [4.69, 9.17) is 26.2 Å². The van der Waals surface area contributed by atoms with Gasteiger partial charge in [0, 0.05) is 10.0 Å². The van der Waals surface area contributed by atoms with Gasteiger partial charge in [0.2, 0.25) is 0 Å². The maximum absolute atomic E-state index is 13.7. The number of rotatable bonds is 5. The van der Waals surface area contributed by atoms with Crippen LogP contribution in [0.2, 0.25) is 5.02 Å². The molecule has 0 aliphatic heterocycles. The minimum atomic E-state index is -0.369. The summed E-state index contributed by atoms with van der Waals surface area (Å²) >= 11 is 9.30. The zero-order chi connectivity index (χ0) is 15.4. The lowest BCUT2D eigenvalue weighted by Gasteiger charge is -2.14. The molecule has 21 heavy (non-hydrogen) atoms. The van der Waals surface area contributed by atoms with Crippen molar-refractivity contribution in [2.75, 3.05) is 7.11 Å². The highest BCUT2D eigenvalue weighted by atomic mass is 79.9. The van der Waals surface area contributed by atoms with Crippen LogP contribution < -0.4 is 9.47 Å². The molecule has 1 N–H and O–H groups in total. The van der Waals surface area contributed by atoms with E-state index in [0.29, 0.717) is 32.1 Å². The average Bonchev–Trinajstić information content (AvgIpc) is 2.46. The quantitative estimate of drug-likeness (QED) is 0.846. The van der Waals surface area contributed by atoms with Crippen molar-refractivity contribution < 1.29 is 19.0 Å². The normalized spacial score (nSPS) is 10.5. The first kappa shape index (κ1) is 16.1. The van der Waals surface area contributed by atoms with Gasteiger partial charge in [0.1, 0.15) is 12.4 Å². The summed E-state index contributed by atoms with van der Waals surface area (Å²) in [5.74, 6) is 0.342. The maximum Gasteiger partial charge on any atom is 0.180 e. The zero-order valence-corrected chi connectivity index (χ0v) is 13.5. The average molecular weight is 376 g/mol. The molecule has 0 aliphatic rings. The lowest BCUT2D eigenvalue weighted by atomic mass is 10.2. The number of aliphatic hydroxyl groups excluding tert-OH is 1. The Bertz CT molecular complexity index is 649. The van der Waals surface area contributed by atoms with E-state index in [-0.39, 0.29) is 19.0 Å². The van der Waals surface area contributed by atoms with Crippen molar-refractivity contribution in [3.8, 4) is 11.5 Å². The molecule has 0 saturated heterocycles. The van der Waals surface area contributed by atoms with E-state index in [2.05, 4.69) is 15.9 Å². The van der Waals surface area contributed by atoms with Crippen molar-refractivity contribution in [2.45, 2.75) is 13.2 Å². The van der Waals surface area contributed by atoms with Crippen LogP contribution in [0.15, 0.2) is 34.8 Å². The van der Waals surface area contributed by atoms with E-state index < -0.39 is 0 Å². The first-order chi connectivity index (χ1) is 10.0. The molecule has 0 spiro atoms. The molecule has 0 aromatic heterocycles. The molecule has 2 rings (SSSR count). The van der Waals surface area contributed by atoms with Gasteiger partial charge >= 0.3 is 0 Å². The van der Waals surface area contributed by atoms with Crippen molar-refractivity contribution in [3.63, 3.8) is 0 Å². The lowest BCUT2D eigenvalue weighted by molar-refractivity contribution is 0.272. The summed E-state index contributed by atoms with van der Waals surface area (Å²) in [6.07, 6.45) is 0. The van der Waals surface area contributed by atoms with E-state index in [0.717, 1.165) is 0 Å². The van der Waals surface area contributed by atoms with Crippen LogP contribution in [-0.4, -0.2) is 12.2 Å². The van der Waals surface area contributed by atoms with Gasteiger partial charge in [-0.15, -0.1) is 0 Å². The number of ether oxygens (including phenoxy) is 2. The van der Waals surface area contributed by atoms with Gasteiger partial charge in [-0.05, 0) is 29.8 Å². The van der Waals surface area contributed by atoms with Crippen molar-refractivity contribution in [3.05, 3.63) is 56.8 Å². The van der Waals surface area contributed by atoms with Crippen LogP contribution >= 0.6 is 27.5 Å². The maximum atomic E-state index is 13.7. The zero-order valence-electron chi connectivity index (χ0n) is 11.2. The van der Waals surface area contributed by atoms with Crippen LogP contribution in [0.25, 0.3) is 0 Å². The molecule has 0 radical (unpaired) electrons. The fourth-order valence-electron chi connectivity index (χ4n) is 1.79. The highest BCUT2D eigenvalue weighted by Gasteiger charge is 2.13. The molecule has 0 heterocycles. The molecule has 0 aliphatic carbocycles. The third-order valence-corrected chi connectivity index (χ3v) is 3.63. The SMILES string of the molecule is COc1cc(CO)cc(Cl)c1OCc1ccc(Br)cc1F. The summed E-state index contributed by atoms with van der Waals surface area (Å²) in [4.78, 5) is 0. The Kier molecular flexibility index (Phi) is 5.45. The molecule has 6 heteroatoms. The Morgan fingerprint density at radius 2 is 2.05 bits per heavy atom. The molecule has 0 unspecified atom stereocenters. The Labute approximate surface area is 135 Å². The second-order valence-corrected chi connectivity index (χ2v) is 5.61. The van der Waals surface area contributed by atoms with Crippen molar-refractivity contribution in [1.29, 1.82) is 0 Å². The predicted octanol–water partition coefficient (Wildman–Crippen LogP) is 4.32. The number of aliphatic hydroxyl groups is 1. The summed E-state index contributed by atoms with van der Waals surface area (Å²) < 4.78 is 25.2. The van der Waals surface area contributed by atoms with Crippen LogP contribution in [0, 0.1) is 5.82 Å². The number of hydrogen-bond donors (Lipinski definition) is 1. The number of hydrogen-bond acceptors (Lipinski definition) is 3. The van der Waals surface area contributed by atoms with Gasteiger partial charge in [-0.3, -0.25) is 0 Å². The minimum Gasteiger partial charge on any atom is -0.493 e. The molecule has 0 fully saturated rings. The monoisotopic (exact) mass is 374 g/mol. The van der Waals surface area contributed by atoms with E-state index in [9.17, 15) is 4.39 Å². The second-order valence-electron chi connectivity index (χ2n) is 4.29. The first-order valence-corrected chi connectivity index (χ1v) is 7.26. The van der Waals surface area contributed by atoms with E-state index in [1.165, 1.54) is 13.2 Å². The summed E-state index contributed by atoms with van der Waals surface area (Å²) in [5.41, 5.74) is 1.02. The largest absolute Gasteiger partial charge is 0.493 e. The highest BCUT2D eigenvalue weighted by Crippen LogP contribution is 2.37. The van der Waals surface area contributed by atoms with Gasteiger partial charge in [0.15, 0.2) is 11.5 Å². The summed E-state index contributed by atoms with van der Waals surface area (Å²) in [6, 6.07) is 7.93. The molecule has 2 aromatic carbocycles. The Morgan fingerprint density at radius 3 is 2.67 bits per heavy atom. The van der Waals surface area contributed by atoms with Gasteiger partial charge in [0.05, 0.1) is 18.7 Å². The van der Waals surface area contributed by atoms with Crippen LogP contribution in [0.1, 0.15) is 11.1 Å². The third kappa shape index (κ3) is 3.87. The summed E-state index contributed by atoms with van der Waals surface area (Å²) in [6.45, 7) is -0.134. The Balaban J connectivity index is 2.23. The van der Waals surface area contributed by atoms with Crippen LogP contribution in [-0.2, 0) is 13.2 Å². The Hall–Kier alpha value is -1.30. The minimum absolute atomic E-state index is 0.0215. The van der Waals surface area contributed by atoms with E-state index >= 15 is 0 Å². The van der Waals surface area contributed by atoms with Crippen LogP contribution in [0.5, 0.6) is 11.5 Å². The smallest absolute Gasteiger partial charge is 0.180 e. The molecule has 3 nitrogen and oxygen atoms in total. The summed E-state index contributed by atoms with van der Waals surface area (Å²) in [7, 11) is 1.47. The molecular weight excluding hydrogens is 363 g/mol. The van der Waals surface area contributed by atoms with Crippen LogP contribution in [0.4, 0.5) is 4.39 Å². The van der Waals surface area contributed by atoms with Crippen LogP contribution in [0.3, 0.4) is 0 Å². The molecule has 0 amide bonds. The van der Waals surface area contributed by atoms with Crippen molar-refractivity contribution in [2.24, 2.45) is 0 Å². The Morgan fingerprint density at radius 1 is 1.29 bits per heavy atom. The third-order valence-electron chi connectivity index (χ3n) is 2.86. The topological polar surface area (TPSA) is 38.7 Å². The highest BCUT2D eigenvalue weighted by molar-refractivity contribution is 9.10. The standard InChI is InChI=1S/C15H13BrClFO3/c1-20-14-5-9(7-19)4-12(17)15(14)21-8-10-2-3-11(16)6-13(10)18/h2-6,19H,7-8H2,1H3. The predicted molar refractivity (Wildman–Crippen MR) is 82.4 cm³/mol. The second kappa shape index (κ2) is 7.11. The number of halogens is 3. The van der Waals surface area contributed by atoms with Gasteiger partial charge < -0.3 is 14.6 Å². The fraction of sp³-hybridized carbons (Fsp3) is 0.200. The molecule has 2 aromatic rings. The van der Waals surface area contributed by atoms with Crippen molar-refractivity contribution in [1.82, 2.24) is 0 Å². The lowest BCUT2D eigenvalue weighted by Crippen LogP contribution is -2.01. The molecule has 0 bridgehead atoms. The molecule has 112 valence electrons. The van der Waals surface area contributed by atoms with E-state index in [1.807, 2.05) is 0 Å². The molecular formula is C15H13BrClFO3. The number of benzene rings is 2. The number of methoxy groups -OCH3 is 1. The van der Waals surface area contributed by atoms with E-state index in [1.54, 1.807) is 24.3 Å². The van der Waals surface area contributed by atoms with Gasteiger partial charge in [-0.2, -0.15) is 0 Å². The molecule has 0 saturated carbocycles. The molecule has 0 atom stereocenters. The van der Waals surface area contributed by atoms with Gasteiger partial charge in [-0.1, -0.05) is 33.6 Å². The fourth-order valence-corrected chi connectivity index (χ4v) is 2.41. The first-order valence-electron chi connectivity index (χ1n) is 6.09. The summed E-state index contributed by atoms with van der Waals surface area (Å²) in [5, 5.41) is 9.44. The van der Waals surface area contributed by atoms with Gasteiger partial charge in [-0.25, -0.2) is 4.39 Å².